The van der Waals surface area contributed by atoms with E-state index in [1.807, 2.05) is 55.5 Å². The van der Waals surface area contributed by atoms with E-state index in [1.165, 1.54) is 0 Å². The van der Waals surface area contributed by atoms with Gasteiger partial charge in [-0.25, -0.2) is 0 Å². The lowest BCUT2D eigenvalue weighted by atomic mass is 9.98. The number of carbonyl (C=O) groups is 1. The summed E-state index contributed by atoms with van der Waals surface area (Å²) in [6.07, 6.45) is 0. The Bertz CT molecular complexity index is 622. The normalized spacial score (nSPS) is 12.2. The van der Waals surface area contributed by atoms with Gasteiger partial charge in [-0.3, -0.25) is 4.79 Å². The predicted octanol–water partition coefficient (Wildman–Crippen LogP) is 5.04. The van der Waals surface area contributed by atoms with Gasteiger partial charge in [0, 0.05) is 5.69 Å². The van der Waals surface area contributed by atoms with Crippen LogP contribution in [0, 0.1) is 6.92 Å². The molecule has 1 unspecified atom stereocenters. The number of hydrogen-bond donors (Lipinski definition) is 1. The second-order valence-corrected chi connectivity index (χ2v) is 5.89. The van der Waals surface area contributed by atoms with E-state index < -0.39 is 5.38 Å². The third kappa shape index (κ3) is 3.64. The van der Waals surface area contributed by atoms with Gasteiger partial charge in [0.25, 0.3) is 0 Å². The molecule has 0 spiro atoms. The molecule has 1 amide bonds. The SMILES string of the molecule is Cc1cccc(C(C)C)c1NC(=O)C(Cl)c1ccccc1. The van der Waals surface area contributed by atoms with Crippen LogP contribution in [0.3, 0.4) is 0 Å². The van der Waals surface area contributed by atoms with Crippen LogP contribution in [0.1, 0.15) is 41.8 Å². The molecule has 21 heavy (non-hydrogen) atoms. The lowest BCUT2D eigenvalue weighted by molar-refractivity contribution is -0.116. The van der Waals surface area contributed by atoms with Gasteiger partial charge in [-0.05, 0) is 29.5 Å². The van der Waals surface area contributed by atoms with Crippen molar-refractivity contribution in [3.8, 4) is 0 Å². The molecule has 2 aromatic carbocycles. The van der Waals surface area contributed by atoms with Crippen molar-refractivity contribution < 1.29 is 4.79 Å². The fourth-order valence-electron chi connectivity index (χ4n) is 2.30. The summed E-state index contributed by atoms with van der Waals surface area (Å²) in [7, 11) is 0. The Kier molecular flexibility index (Phi) is 5.03. The van der Waals surface area contributed by atoms with E-state index in [4.69, 9.17) is 11.6 Å². The van der Waals surface area contributed by atoms with Crippen molar-refractivity contribution in [1.29, 1.82) is 0 Å². The maximum absolute atomic E-state index is 12.4. The molecule has 2 nitrogen and oxygen atoms in total. The van der Waals surface area contributed by atoms with E-state index in [9.17, 15) is 4.79 Å². The van der Waals surface area contributed by atoms with Crippen LogP contribution in [-0.2, 0) is 4.79 Å². The standard InChI is InChI=1S/C18H20ClNO/c1-12(2)15-11-7-8-13(3)17(15)20-18(21)16(19)14-9-5-4-6-10-14/h4-12,16H,1-3H3,(H,20,21). The van der Waals surface area contributed by atoms with Crippen LogP contribution >= 0.6 is 11.6 Å². The van der Waals surface area contributed by atoms with Gasteiger partial charge in [0.1, 0.15) is 5.38 Å². The van der Waals surface area contributed by atoms with Crippen molar-refractivity contribution in [3.05, 3.63) is 65.2 Å². The molecule has 0 bridgehead atoms. The fourth-order valence-corrected chi connectivity index (χ4v) is 2.50. The van der Waals surface area contributed by atoms with Crippen LogP contribution in [0.5, 0.6) is 0 Å². The van der Waals surface area contributed by atoms with E-state index >= 15 is 0 Å². The first-order valence-electron chi connectivity index (χ1n) is 7.10. The van der Waals surface area contributed by atoms with Gasteiger partial charge in [-0.1, -0.05) is 62.4 Å². The molecule has 0 aliphatic carbocycles. The minimum absolute atomic E-state index is 0.195. The van der Waals surface area contributed by atoms with Crippen LogP contribution in [-0.4, -0.2) is 5.91 Å². The van der Waals surface area contributed by atoms with Gasteiger partial charge >= 0.3 is 0 Å². The molecule has 0 aliphatic rings. The smallest absolute Gasteiger partial charge is 0.246 e. The first-order valence-corrected chi connectivity index (χ1v) is 7.53. The number of carbonyl (C=O) groups excluding carboxylic acids is 1. The average Bonchev–Trinajstić information content (AvgIpc) is 2.49. The van der Waals surface area contributed by atoms with Crippen LogP contribution in [0.25, 0.3) is 0 Å². The molecule has 110 valence electrons. The fraction of sp³-hybridized carbons (Fsp3) is 0.278. The number of alkyl halides is 1. The lowest BCUT2D eigenvalue weighted by Gasteiger charge is -2.18. The van der Waals surface area contributed by atoms with Crippen LogP contribution in [0.15, 0.2) is 48.5 Å². The lowest BCUT2D eigenvalue weighted by Crippen LogP contribution is -2.19. The van der Waals surface area contributed by atoms with E-state index in [0.29, 0.717) is 5.92 Å². The molecule has 1 atom stereocenters. The summed E-state index contributed by atoms with van der Waals surface area (Å²) in [6.45, 7) is 6.22. The minimum Gasteiger partial charge on any atom is -0.324 e. The van der Waals surface area contributed by atoms with Gasteiger partial charge < -0.3 is 5.32 Å². The highest BCUT2D eigenvalue weighted by molar-refractivity contribution is 6.32. The number of benzene rings is 2. The maximum atomic E-state index is 12.4. The first kappa shape index (κ1) is 15.6. The second-order valence-electron chi connectivity index (χ2n) is 5.46. The number of para-hydroxylation sites is 1. The molecule has 0 heterocycles. The summed E-state index contributed by atoms with van der Waals surface area (Å²) >= 11 is 6.28. The van der Waals surface area contributed by atoms with E-state index in [0.717, 1.165) is 22.4 Å². The highest BCUT2D eigenvalue weighted by atomic mass is 35.5. The van der Waals surface area contributed by atoms with Crippen LogP contribution in [0.2, 0.25) is 0 Å². The molecule has 1 N–H and O–H groups in total. The molecule has 3 heteroatoms. The molecule has 0 fully saturated rings. The summed E-state index contributed by atoms with van der Waals surface area (Å²) in [5, 5.41) is 2.30. The van der Waals surface area contributed by atoms with Crippen molar-refractivity contribution >= 4 is 23.2 Å². The molecule has 0 radical (unpaired) electrons. The molecule has 0 saturated carbocycles. The Labute approximate surface area is 131 Å². The van der Waals surface area contributed by atoms with Crippen molar-refractivity contribution in [1.82, 2.24) is 0 Å². The topological polar surface area (TPSA) is 29.1 Å². The third-order valence-electron chi connectivity index (χ3n) is 3.50. The minimum atomic E-state index is -0.689. The number of halogens is 1. The number of aryl methyl sites for hydroxylation is 1. The molecule has 0 aliphatic heterocycles. The number of nitrogens with one attached hydrogen (secondary N) is 1. The third-order valence-corrected chi connectivity index (χ3v) is 3.95. The average molecular weight is 302 g/mol. The van der Waals surface area contributed by atoms with Crippen molar-refractivity contribution in [2.45, 2.75) is 32.1 Å². The van der Waals surface area contributed by atoms with Crippen molar-refractivity contribution in [2.24, 2.45) is 0 Å². The zero-order valence-corrected chi connectivity index (χ0v) is 13.3. The van der Waals surface area contributed by atoms with E-state index in [2.05, 4.69) is 19.2 Å². The van der Waals surface area contributed by atoms with Gasteiger partial charge in [0.2, 0.25) is 5.91 Å². The monoisotopic (exact) mass is 301 g/mol. The predicted molar refractivity (Wildman–Crippen MR) is 88.9 cm³/mol. The quantitative estimate of drug-likeness (QED) is 0.788. The summed E-state index contributed by atoms with van der Waals surface area (Å²) in [5.41, 5.74) is 3.85. The molecular formula is C18H20ClNO. The summed E-state index contributed by atoms with van der Waals surface area (Å²) in [5.74, 6) is 0.143. The van der Waals surface area contributed by atoms with Gasteiger partial charge in [0.05, 0.1) is 0 Å². The number of amides is 1. The molecule has 2 rings (SSSR count). The number of anilines is 1. The highest BCUT2D eigenvalue weighted by Crippen LogP contribution is 2.29. The molecule has 0 aromatic heterocycles. The van der Waals surface area contributed by atoms with E-state index in [-0.39, 0.29) is 5.91 Å². The second kappa shape index (κ2) is 6.77. The summed E-state index contributed by atoms with van der Waals surface area (Å²) < 4.78 is 0. The summed E-state index contributed by atoms with van der Waals surface area (Å²) in [6, 6.07) is 15.4. The molecular weight excluding hydrogens is 282 g/mol. The largest absolute Gasteiger partial charge is 0.324 e. The van der Waals surface area contributed by atoms with Gasteiger partial charge in [-0.15, -0.1) is 11.6 Å². The maximum Gasteiger partial charge on any atom is 0.246 e. The zero-order chi connectivity index (χ0) is 15.4. The van der Waals surface area contributed by atoms with Crippen LogP contribution < -0.4 is 5.32 Å². The van der Waals surface area contributed by atoms with Crippen molar-refractivity contribution in [3.63, 3.8) is 0 Å². The van der Waals surface area contributed by atoms with E-state index in [1.54, 1.807) is 0 Å². The zero-order valence-electron chi connectivity index (χ0n) is 12.6. The Morgan fingerprint density at radius 1 is 1.05 bits per heavy atom. The number of hydrogen-bond acceptors (Lipinski definition) is 1. The van der Waals surface area contributed by atoms with Crippen molar-refractivity contribution in [2.75, 3.05) is 5.32 Å². The first-order chi connectivity index (χ1) is 10.0. The van der Waals surface area contributed by atoms with Crippen LogP contribution in [0.4, 0.5) is 5.69 Å². The Balaban J connectivity index is 2.24. The highest BCUT2D eigenvalue weighted by Gasteiger charge is 2.19. The Morgan fingerprint density at radius 3 is 2.33 bits per heavy atom. The van der Waals surface area contributed by atoms with Gasteiger partial charge in [-0.2, -0.15) is 0 Å². The Hall–Kier alpha value is -1.80. The molecule has 2 aromatic rings. The molecule has 0 saturated heterocycles. The number of rotatable bonds is 4. The Morgan fingerprint density at radius 2 is 1.71 bits per heavy atom. The van der Waals surface area contributed by atoms with Gasteiger partial charge in [0.15, 0.2) is 0 Å². The summed E-state index contributed by atoms with van der Waals surface area (Å²) in [4.78, 5) is 12.4.